The maximum absolute atomic E-state index is 9.38. The van der Waals surface area contributed by atoms with Gasteiger partial charge in [-0.15, -0.1) is 0 Å². The largest absolute Gasteiger partial charge is 0.425 e. The van der Waals surface area contributed by atoms with Gasteiger partial charge in [0.25, 0.3) is 0 Å². The molecule has 102 valence electrons. The number of aromatic nitrogens is 4. The van der Waals surface area contributed by atoms with Gasteiger partial charge in [0.2, 0.25) is 0 Å². The molecule has 0 saturated heterocycles. The van der Waals surface area contributed by atoms with Gasteiger partial charge in [0.1, 0.15) is 6.33 Å². The van der Waals surface area contributed by atoms with E-state index < -0.39 is 0 Å². The molecule has 0 fully saturated rings. The number of halogens is 2. The van der Waals surface area contributed by atoms with Gasteiger partial charge in [-0.3, -0.25) is 5.41 Å². The van der Waals surface area contributed by atoms with Crippen LogP contribution in [0.1, 0.15) is 5.56 Å². The van der Waals surface area contributed by atoms with Crippen molar-refractivity contribution in [2.75, 3.05) is 0 Å². The molecule has 0 atom stereocenters. The highest BCUT2D eigenvalue weighted by Crippen LogP contribution is 2.25. The summed E-state index contributed by atoms with van der Waals surface area (Å²) in [6, 6.07) is 5.29. The van der Waals surface area contributed by atoms with Crippen molar-refractivity contribution in [1.82, 2.24) is 19.3 Å². The molecule has 2 heterocycles. The van der Waals surface area contributed by atoms with Gasteiger partial charge in [-0.1, -0.05) is 29.3 Å². The van der Waals surface area contributed by atoms with Crippen molar-refractivity contribution < 1.29 is 5.21 Å². The summed E-state index contributed by atoms with van der Waals surface area (Å²) in [5, 5.41) is 18.2. The Bertz CT molecular complexity index is 834. The highest BCUT2D eigenvalue weighted by Gasteiger charge is 2.11. The predicted molar refractivity (Wildman–Crippen MR) is 74.1 cm³/mol. The normalized spacial score (nSPS) is 11.1. The zero-order chi connectivity index (χ0) is 14.3. The first-order valence-electron chi connectivity index (χ1n) is 5.67. The lowest BCUT2D eigenvalue weighted by molar-refractivity contribution is 0.168. The van der Waals surface area contributed by atoms with Crippen LogP contribution in [0.4, 0.5) is 0 Å². The number of benzene rings is 1. The number of rotatable bonds is 2. The van der Waals surface area contributed by atoms with Crippen LogP contribution in [0, 0.1) is 5.41 Å². The number of nitrogens with one attached hydrogen (secondary N) is 1. The average molecular weight is 310 g/mol. The Morgan fingerprint density at radius 1 is 1.15 bits per heavy atom. The van der Waals surface area contributed by atoms with E-state index in [1.807, 2.05) is 0 Å². The average Bonchev–Trinajstić information content (AvgIpc) is 2.82. The van der Waals surface area contributed by atoms with Crippen molar-refractivity contribution in [2.24, 2.45) is 0 Å². The minimum absolute atomic E-state index is 0.126. The van der Waals surface area contributed by atoms with Crippen molar-refractivity contribution in [3.63, 3.8) is 0 Å². The molecule has 8 heteroatoms. The lowest BCUT2D eigenvalue weighted by atomic mass is 10.2. The molecule has 20 heavy (non-hydrogen) atoms. The zero-order valence-electron chi connectivity index (χ0n) is 10.1. The number of hydrogen-bond acceptors (Lipinski definition) is 4. The smallest absolute Gasteiger partial charge is 0.192 e. The third-order valence-electron chi connectivity index (χ3n) is 2.94. The molecule has 0 aliphatic heterocycles. The minimum Gasteiger partial charge on any atom is -0.425 e. The van der Waals surface area contributed by atoms with Crippen LogP contribution in [0.15, 0.2) is 30.9 Å². The number of imidazole rings is 1. The Morgan fingerprint density at radius 3 is 2.55 bits per heavy atom. The van der Waals surface area contributed by atoms with Crippen molar-refractivity contribution in [3.8, 4) is 0 Å². The molecule has 3 rings (SSSR count). The molecule has 0 aliphatic carbocycles. The summed E-state index contributed by atoms with van der Waals surface area (Å²) in [5.41, 5.74) is 1.41. The van der Waals surface area contributed by atoms with E-state index in [4.69, 9.17) is 28.6 Å². The van der Waals surface area contributed by atoms with E-state index in [1.54, 1.807) is 22.8 Å². The Morgan fingerprint density at radius 2 is 1.85 bits per heavy atom. The summed E-state index contributed by atoms with van der Waals surface area (Å²) in [6.45, 7) is 0.386. The molecule has 0 saturated carbocycles. The standard InChI is InChI=1S/C12H9Cl2N5O/c13-8-2-1-3-9(14)7(8)4-18-5-16-10-11(15)19(20)6-17-12(10)18/h1-3,5-6,15,20H,4H2. The Kier molecular flexibility index (Phi) is 3.11. The fourth-order valence-corrected chi connectivity index (χ4v) is 2.44. The Labute approximate surface area is 123 Å². The van der Waals surface area contributed by atoms with Crippen LogP contribution in [0.25, 0.3) is 11.2 Å². The SMILES string of the molecule is N=c1c2ncn(Cc3c(Cl)cccc3Cl)c2ncn1O. The lowest BCUT2D eigenvalue weighted by Gasteiger charge is -2.08. The second-order valence-corrected chi connectivity index (χ2v) is 5.00. The zero-order valence-corrected chi connectivity index (χ0v) is 11.6. The Balaban J connectivity index is 2.13. The summed E-state index contributed by atoms with van der Waals surface area (Å²) in [7, 11) is 0. The van der Waals surface area contributed by atoms with E-state index in [1.165, 1.54) is 6.33 Å². The van der Waals surface area contributed by atoms with Gasteiger partial charge in [0, 0.05) is 15.6 Å². The maximum atomic E-state index is 9.38. The third kappa shape index (κ3) is 2.03. The maximum Gasteiger partial charge on any atom is 0.192 e. The minimum atomic E-state index is -0.126. The van der Waals surface area contributed by atoms with Gasteiger partial charge in [-0.2, -0.15) is 4.73 Å². The lowest BCUT2D eigenvalue weighted by Crippen LogP contribution is -2.18. The molecule has 0 spiro atoms. The first-order valence-corrected chi connectivity index (χ1v) is 6.42. The van der Waals surface area contributed by atoms with Gasteiger partial charge < -0.3 is 9.77 Å². The number of hydrogen-bond donors (Lipinski definition) is 2. The van der Waals surface area contributed by atoms with Crippen molar-refractivity contribution in [2.45, 2.75) is 6.54 Å². The van der Waals surface area contributed by atoms with Crippen LogP contribution in [-0.2, 0) is 6.54 Å². The monoisotopic (exact) mass is 309 g/mol. The fourth-order valence-electron chi connectivity index (χ4n) is 1.92. The highest BCUT2D eigenvalue weighted by molar-refractivity contribution is 6.35. The molecule has 0 unspecified atom stereocenters. The van der Waals surface area contributed by atoms with Crippen molar-refractivity contribution in [3.05, 3.63) is 52.0 Å². The van der Waals surface area contributed by atoms with Crippen LogP contribution in [0.3, 0.4) is 0 Å². The summed E-state index contributed by atoms with van der Waals surface area (Å²) >= 11 is 12.3. The predicted octanol–water partition coefficient (Wildman–Crippen LogP) is 2.30. The van der Waals surface area contributed by atoms with Crippen LogP contribution in [-0.4, -0.2) is 24.5 Å². The van der Waals surface area contributed by atoms with Crippen LogP contribution < -0.4 is 5.49 Å². The molecule has 6 nitrogen and oxygen atoms in total. The van der Waals surface area contributed by atoms with Crippen LogP contribution >= 0.6 is 23.2 Å². The van der Waals surface area contributed by atoms with E-state index >= 15 is 0 Å². The summed E-state index contributed by atoms with van der Waals surface area (Å²) < 4.78 is 2.34. The van der Waals surface area contributed by atoms with Crippen LogP contribution in [0.5, 0.6) is 0 Å². The van der Waals surface area contributed by atoms with Gasteiger partial charge in [-0.25, -0.2) is 9.97 Å². The second kappa shape index (κ2) is 4.81. The van der Waals surface area contributed by atoms with Crippen molar-refractivity contribution in [1.29, 1.82) is 5.41 Å². The van der Waals surface area contributed by atoms with Gasteiger partial charge in [0.05, 0.1) is 12.9 Å². The van der Waals surface area contributed by atoms with E-state index in [0.29, 0.717) is 32.5 Å². The molecule has 0 amide bonds. The van der Waals surface area contributed by atoms with Crippen LogP contribution in [0.2, 0.25) is 10.0 Å². The van der Waals surface area contributed by atoms with E-state index in [-0.39, 0.29) is 5.49 Å². The summed E-state index contributed by atoms with van der Waals surface area (Å²) in [5.74, 6) is 0. The molecule has 0 bridgehead atoms. The molecule has 1 aromatic carbocycles. The molecule has 2 aromatic heterocycles. The topological polar surface area (TPSA) is 79.7 Å². The van der Waals surface area contributed by atoms with E-state index in [2.05, 4.69) is 9.97 Å². The number of fused-ring (bicyclic) bond motifs is 1. The van der Waals surface area contributed by atoms with Crippen molar-refractivity contribution >= 4 is 34.4 Å². The molecular weight excluding hydrogens is 301 g/mol. The number of nitrogens with zero attached hydrogens (tertiary/aromatic N) is 4. The molecule has 2 N–H and O–H groups in total. The first-order chi connectivity index (χ1) is 9.58. The first kappa shape index (κ1) is 13.0. The Hall–Kier alpha value is -2.05. The van der Waals surface area contributed by atoms with E-state index in [9.17, 15) is 5.21 Å². The highest BCUT2D eigenvalue weighted by atomic mass is 35.5. The van der Waals surface area contributed by atoms with E-state index in [0.717, 1.165) is 11.9 Å². The van der Waals surface area contributed by atoms with Gasteiger partial charge in [-0.05, 0) is 12.1 Å². The second-order valence-electron chi connectivity index (χ2n) is 4.18. The molecule has 0 aliphatic rings. The molecule has 3 aromatic rings. The molecule has 0 radical (unpaired) electrons. The fraction of sp³-hybridized carbons (Fsp3) is 0.0833. The molecular formula is C12H9Cl2N5O. The van der Waals surface area contributed by atoms with Gasteiger partial charge in [0.15, 0.2) is 16.7 Å². The van der Waals surface area contributed by atoms with Gasteiger partial charge >= 0.3 is 0 Å². The third-order valence-corrected chi connectivity index (χ3v) is 3.65. The summed E-state index contributed by atoms with van der Waals surface area (Å²) in [6.07, 6.45) is 2.69. The quantitative estimate of drug-likeness (QED) is 0.713. The summed E-state index contributed by atoms with van der Waals surface area (Å²) in [4.78, 5) is 8.14.